The van der Waals surface area contributed by atoms with E-state index in [9.17, 15) is 9.59 Å². The lowest BCUT2D eigenvalue weighted by atomic mass is 10.2. The van der Waals surface area contributed by atoms with Crippen LogP contribution in [0.5, 0.6) is 0 Å². The lowest BCUT2D eigenvalue weighted by Gasteiger charge is -2.35. The van der Waals surface area contributed by atoms with Crippen molar-refractivity contribution < 1.29 is 9.59 Å². The van der Waals surface area contributed by atoms with Crippen LogP contribution in [0.2, 0.25) is 10.0 Å². The van der Waals surface area contributed by atoms with Crippen molar-refractivity contribution in [1.82, 2.24) is 4.90 Å². The van der Waals surface area contributed by atoms with E-state index in [1.165, 1.54) is 4.90 Å². The summed E-state index contributed by atoms with van der Waals surface area (Å²) < 4.78 is 0. The summed E-state index contributed by atoms with van der Waals surface area (Å²) in [4.78, 5) is 25.2. The van der Waals surface area contributed by atoms with Gasteiger partial charge >= 0.3 is 0 Å². The topological polar surface area (TPSA) is 40.6 Å². The lowest BCUT2D eigenvalue weighted by molar-refractivity contribution is -0.139. The number of halogens is 2. The van der Waals surface area contributed by atoms with Crippen LogP contribution in [-0.4, -0.2) is 43.3 Å². The summed E-state index contributed by atoms with van der Waals surface area (Å²) in [7, 11) is 0. The molecule has 0 unspecified atom stereocenters. The average Bonchev–Trinajstić information content (AvgIpc) is 2.37. The fourth-order valence-corrected chi connectivity index (χ4v) is 2.50. The Labute approximate surface area is 115 Å². The van der Waals surface area contributed by atoms with Crippen molar-refractivity contribution in [3.63, 3.8) is 0 Å². The molecule has 1 amide bonds. The van der Waals surface area contributed by atoms with Gasteiger partial charge in [0.15, 0.2) is 0 Å². The van der Waals surface area contributed by atoms with Gasteiger partial charge < -0.3 is 9.80 Å². The Bertz CT molecular complexity index is 451. The van der Waals surface area contributed by atoms with Crippen LogP contribution in [0.3, 0.4) is 0 Å². The number of hydrogen-bond acceptors (Lipinski definition) is 3. The quantitative estimate of drug-likeness (QED) is 0.615. The molecule has 1 fully saturated rings. The summed E-state index contributed by atoms with van der Waals surface area (Å²) in [5.41, 5.74) is 0.936. The van der Waals surface area contributed by atoms with Crippen LogP contribution in [0.1, 0.15) is 0 Å². The molecular formula is C12H12Cl2N2O2. The first-order valence-corrected chi connectivity index (χ1v) is 6.31. The van der Waals surface area contributed by atoms with Crippen molar-refractivity contribution in [2.75, 3.05) is 31.1 Å². The van der Waals surface area contributed by atoms with E-state index in [0.717, 1.165) is 5.69 Å². The fourth-order valence-electron chi connectivity index (χ4n) is 1.98. The summed E-state index contributed by atoms with van der Waals surface area (Å²) >= 11 is 11.9. The standard InChI is InChI=1S/C12H12Cl2N2O2/c13-9-5-10(14)7-11(6-9)15-1-3-16(4-2-15)12(18)8-17/h5-8H,1-4H2. The first-order chi connectivity index (χ1) is 8.60. The number of carbonyl (C=O) groups is 2. The molecule has 6 heteroatoms. The number of aldehydes is 1. The molecule has 0 bridgehead atoms. The molecule has 0 saturated carbocycles. The number of nitrogens with zero attached hydrogens (tertiary/aromatic N) is 2. The molecule has 1 aliphatic heterocycles. The van der Waals surface area contributed by atoms with Gasteiger partial charge in [-0.05, 0) is 18.2 Å². The molecule has 0 spiro atoms. The van der Waals surface area contributed by atoms with Gasteiger partial charge in [0.25, 0.3) is 5.91 Å². The van der Waals surface area contributed by atoms with Crippen LogP contribution in [-0.2, 0) is 9.59 Å². The fraction of sp³-hybridized carbons (Fsp3) is 0.333. The number of anilines is 1. The zero-order chi connectivity index (χ0) is 13.1. The monoisotopic (exact) mass is 286 g/mol. The van der Waals surface area contributed by atoms with Gasteiger partial charge in [-0.3, -0.25) is 9.59 Å². The molecule has 0 aromatic heterocycles. The number of carbonyl (C=O) groups excluding carboxylic acids is 2. The van der Waals surface area contributed by atoms with Crippen molar-refractivity contribution in [1.29, 1.82) is 0 Å². The molecule has 0 atom stereocenters. The lowest BCUT2D eigenvalue weighted by Crippen LogP contribution is -2.49. The first kappa shape index (κ1) is 13.2. The minimum atomic E-state index is -0.459. The Balaban J connectivity index is 2.05. The number of hydrogen-bond donors (Lipinski definition) is 0. The van der Waals surface area contributed by atoms with Gasteiger partial charge in [-0.15, -0.1) is 0 Å². The van der Waals surface area contributed by atoms with Crippen molar-refractivity contribution in [2.45, 2.75) is 0 Å². The second kappa shape index (κ2) is 5.59. The van der Waals surface area contributed by atoms with Crippen molar-refractivity contribution in [2.24, 2.45) is 0 Å². The van der Waals surface area contributed by atoms with Gasteiger partial charge in [0.2, 0.25) is 6.29 Å². The molecule has 0 N–H and O–H groups in total. The maximum Gasteiger partial charge on any atom is 0.286 e. The third kappa shape index (κ3) is 2.94. The molecule has 1 aromatic carbocycles. The third-order valence-electron chi connectivity index (χ3n) is 2.90. The first-order valence-electron chi connectivity index (χ1n) is 5.55. The number of benzene rings is 1. The van der Waals surface area contributed by atoms with Gasteiger partial charge in [-0.2, -0.15) is 0 Å². The predicted molar refractivity (Wildman–Crippen MR) is 71.3 cm³/mol. The van der Waals surface area contributed by atoms with Crippen LogP contribution in [0.15, 0.2) is 18.2 Å². The van der Waals surface area contributed by atoms with E-state index < -0.39 is 5.91 Å². The van der Waals surface area contributed by atoms with Crippen LogP contribution in [0.25, 0.3) is 0 Å². The minimum Gasteiger partial charge on any atom is -0.368 e. The maximum absolute atomic E-state index is 11.2. The molecular weight excluding hydrogens is 275 g/mol. The Morgan fingerprint density at radius 3 is 2.11 bits per heavy atom. The van der Waals surface area contributed by atoms with Gasteiger partial charge in [-0.1, -0.05) is 23.2 Å². The van der Waals surface area contributed by atoms with Crippen LogP contribution < -0.4 is 4.90 Å². The van der Waals surface area contributed by atoms with Gasteiger partial charge in [0.05, 0.1) is 0 Å². The SMILES string of the molecule is O=CC(=O)N1CCN(c2cc(Cl)cc(Cl)c2)CC1. The Morgan fingerprint density at radius 2 is 1.61 bits per heavy atom. The van der Waals surface area contributed by atoms with Crippen molar-refractivity contribution >= 4 is 41.1 Å². The molecule has 96 valence electrons. The highest BCUT2D eigenvalue weighted by Gasteiger charge is 2.20. The number of rotatable bonds is 2. The van der Waals surface area contributed by atoms with Crippen molar-refractivity contribution in [3.05, 3.63) is 28.2 Å². The molecule has 1 aliphatic rings. The summed E-state index contributed by atoms with van der Waals surface area (Å²) in [6.45, 7) is 2.38. The smallest absolute Gasteiger partial charge is 0.286 e. The third-order valence-corrected chi connectivity index (χ3v) is 3.34. The van der Waals surface area contributed by atoms with Crippen LogP contribution >= 0.6 is 23.2 Å². The molecule has 1 aromatic rings. The van der Waals surface area contributed by atoms with E-state index >= 15 is 0 Å². The minimum absolute atomic E-state index is 0.353. The Kier molecular flexibility index (Phi) is 4.09. The number of amides is 1. The molecule has 1 heterocycles. The highest BCUT2D eigenvalue weighted by atomic mass is 35.5. The van der Waals surface area contributed by atoms with Crippen LogP contribution in [0, 0.1) is 0 Å². The average molecular weight is 287 g/mol. The molecule has 2 rings (SSSR count). The van der Waals surface area contributed by atoms with Gasteiger partial charge in [0, 0.05) is 41.9 Å². The number of piperazine rings is 1. The summed E-state index contributed by atoms with van der Waals surface area (Å²) in [6, 6.07) is 5.36. The predicted octanol–water partition coefficient (Wildman–Crippen LogP) is 1.84. The molecule has 4 nitrogen and oxygen atoms in total. The zero-order valence-corrected chi connectivity index (χ0v) is 11.1. The summed E-state index contributed by atoms with van der Waals surface area (Å²) in [6.07, 6.45) is 0.353. The molecule has 18 heavy (non-hydrogen) atoms. The molecule has 1 saturated heterocycles. The second-order valence-electron chi connectivity index (χ2n) is 4.06. The second-order valence-corrected chi connectivity index (χ2v) is 4.93. The van der Waals surface area contributed by atoms with E-state index in [4.69, 9.17) is 23.2 Å². The van der Waals surface area contributed by atoms with E-state index in [0.29, 0.717) is 42.5 Å². The van der Waals surface area contributed by atoms with Gasteiger partial charge in [0.1, 0.15) is 0 Å². The Morgan fingerprint density at radius 1 is 1.06 bits per heavy atom. The van der Waals surface area contributed by atoms with E-state index in [1.807, 2.05) is 12.1 Å². The van der Waals surface area contributed by atoms with Crippen LogP contribution in [0.4, 0.5) is 5.69 Å². The molecule has 0 aliphatic carbocycles. The maximum atomic E-state index is 11.2. The highest BCUT2D eigenvalue weighted by Crippen LogP contribution is 2.26. The van der Waals surface area contributed by atoms with E-state index in [1.54, 1.807) is 6.07 Å². The van der Waals surface area contributed by atoms with Gasteiger partial charge in [-0.25, -0.2) is 0 Å². The zero-order valence-electron chi connectivity index (χ0n) is 9.60. The van der Waals surface area contributed by atoms with E-state index in [2.05, 4.69) is 4.90 Å². The summed E-state index contributed by atoms with van der Waals surface area (Å²) in [5, 5.41) is 1.17. The van der Waals surface area contributed by atoms with E-state index in [-0.39, 0.29) is 0 Å². The Hall–Kier alpha value is -1.26. The normalized spacial score (nSPS) is 15.7. The van der Waals surface area contributed by atoms with Crippen molar-refractivity contribution in [3.8, 4) is 0 Å². The largest absolute Gasteiger partial charge is 0.368 e. The highest BCUT2D eigenvalue weighted by molar-refractivity contribution is 6.35. The summed E-state index contributed by atoms with van der Waals surface area (Å²) in [5.74, 6) is -0.459. The molecule has 0 radical (unpaired) electrons.